The lowest BCUT2D eigenvalue weighted by Gasteiger charge is -2.18. The van der Waals surface area contributed by atoms with Crippen molar-refractivity contribution in [3.63, 3.8) is 0 Å². The predicted octanol–water partition coefficient (Wildman–Crippen LogP) is 3.32. The van der Waals surface area contributed by atoms with E-state index < -0.39 is 0 Å². The fourth-order valence-corrected chi connectivity index (χ4v) is 2.79. The van der Waals surface area contributed by atoms with Crippen LogP contribution in [0.1, 0.15) is 35.7 Å². The summed E-state index contributed by atoms with van der Waals surface area (Å²) in [5.41, 5.74) is 2.74. The Labute approximate surface area is 148 Å². The van der Waals surface area contributed by atoms with Crippen LogP contribution in [0.3, 0.4) is 0 Å². The zero-order valence-corrected chi connectivity index (χ0v) is 14.2. The Hall–Kier alpha value is -2.24. The number of nitrogens with zero attached hydrogens (tertiary/aromatic N) is 3. The number of hydrogen-bond donors (Lipinski definition) is 2. The Kier molecular flexibility index (Phi) is 7.39. The third-order valence-corrected chi connectivity index (χ3v) is 3.92. The molecule has 3 aromatic rings. The van der Waals surface area contributed by atoms with Gasteiger partial charge in [-0.2, -0.15) is 5.21 Å². The minimum Gasteiger partial charge on any atom is -0.310 e. The lowest BCUT2D eigenvalue weighted by Crippen LogP contribution is -2.16. The zero-order chi connectivity index (χ0) is 15.7. The van der Waals surface area contributed by atoms with Crippen LogP contribution >= 0.6 is 12.4 Å². The minimum atomic E-state index is 0. The van der Waals surface area contributed by atoms with Gasteiger partial charge >= 0.3 is 0 Å². The molecular weight excluding hydrogens is 322 g/mol. The maximum atomic E-state index is 3.93. The Morgan fingerprint density at radius 1 is 0.917 bits per heavy atom. The highest BCUT2D eigenvalue weighted by Gasteiger charge is 2.13. The normalized spacial score (nSPS) is 10.5. The van der Waals surface area contributed by atoms with Crippen LogP contribution in [0.5, 0.6) is 0 Å². The van der Waals surface area contributed by atoms with Gasteiger partial charge in [-0.3, -0.25) is 0 Å². The first kappa shape index (κ1) is 18.1. The molecule has 0 radical (unpaired) electrons. The third-order valence-electron chi connectivity index (χ3n) is 3.92. The first-order valence-electron chi connectivity index (χ1n) is 7.96. The van der Waals surface area contributed by atoms with Crippen molar-refractivity contribution in [1.82, 2.24) is 25.9 Å². The lowest BCUT2D eigenvalue weighted by molar-refractivity contribution is 0.583. The number of H-pyrrole nitrogens is 1. The fourth-order valence-electron chi connectivity index (χ4n) is 2.79. The number of halogens is 1. The van der Waals surface area contributed by atoms with Crippen LogP contribution in [-0.2, 0) is 6.54 Å². The summed E-state index contributed by atoms with van der Waals surface area (Å²) in [4.78, 5) is 0. The fraction of sp³-hybridized carbons (Fsp3) is 0.278. The molecule has 0 aliphatic heterocycles. The number of tetrazole rings is 1. The lowest BCUT2D eigenvalue weighted by atomic mass is 9.87. The standard InChI is InChI=1S/C18H21N5.ClH/c1-3-8-15(9-4-1)17(16-10-5-2-6-11-16)12-7-13-19-14-18-20-22-23-21-18;/h1-6,8-11,17,19H,7,12-14H2,(H,20,21,22,23);1H. The van der Waals surface area contributed by atoms with Gasteiger partial charge in [-0.25, -0.2) is 0 Å². The number of rotatable bonds is 8. The first-order valence-corrected chi connectivity index (χ1v) is 7.96. The number of aromatic nitrogens is 4. The quantitative estimate of drug-likeness (QED) is 0.616. The predicted molar refractivity (Wildman–Crippen MR) is 97.1 cm³/mol. The van der Waals surface area contributed by atoms with E-state index in [0.717, 1.165) is 19.4 Å². The van der Waals surface area contributed by atoms with Gasteiger partial charge in [0, 0.05) is 5.92 Å². The summed E-state index contributed by atoms with van der Waals surface area (Å²) < 4.78 is 0. The molecule has 24 heavy (non-hydrogen) atoms. The molecule has 126 valence electrons. The maximum Gasteiger partial charge on any atom is 0.188 e. The first-order chi connectivity index (χ1) is 11.4. The average Bonchev–Trinajstić information content (AvgIpc) is 3.13. The second-order valence-corrected chi connectivity index (χ2v) is 5.52. The van der Waals surface area contributed by atoms with E-state index in [9.17, 15) is 0 Å². The summed E-state index contributed by atoms with van der Waals surface area (Å²) in [6.45, 7) is 1.59. The molecule has 0 atom stereocenters. The molecule has 3 rings (SSSR count). The average molecular weight is 344 g/mol. The minimum absolute atomic E-state index is 0. The molecule has 2 N–H and O–H groups in total. The van der Waals surface area contributed by atoms with Crippen LogP contribution in [0, 0.1) is 0 Å². The van der Waals surface area contributed by atoms with Crippen LogP contribution in [-0.4, -0.2) is 27.2 Å². The van der Waals surface area contributed by atoms with E-state index >= 15 is 0 Å². The van der Waals surface area contributed by atoms with Crippen molar-refractivity contribution >= 4 is 12.4 Å². The van der Waals surface area contributed by atoms with E-state index in [2.05, 4.69) is 86.6 Å². The molecule has 2 aromatic carbocycles. The molecule has 0 spiro atoms. The smallest absolute Gasteiger partial charge is 0.188 e. The van der Waals surface area contributed by atoms with Crippen molar-refractivity contribution in [2.75, 3.05) is 6.54 Å². The number of nitrogens with one attached hydrogen (secondary N) is 2. The molecular formula is C18H22ClN5. The summed E-state index contributed by atoms with van der Waals surface area (Å²) in [5, 5.41) is 17.2. The summed E-state index contributed by atoms with van der Waals surface area (Å²) >= 11 is 0. The maximum absolute atomic E-state index is 3.93. The van der Waals surface area contributed by atoms with Crippen molar-refractivity contribution in [3.8, 4) is 0 Å². The van der Waals surface area contributed by atoms with E-state index in [1.165, 1.54) is 11.1 Å². The SMILES string of the molecule is Cl.c1ccc(C(CCCNCc2nn[nH]n2)c2ccccc2)cc1. The zero-order valence-electron chi connectivity index (χ0n) is 13.4. The highest BCUT2D eigenvalue weighted by atomic mass is 35.5. The summed E-state index contributed by atoms with van der Waals surface area (Å²) in [6, 6.07) is 21.4. The molecule has 0 aliphatic rings. The summed E-state index contributed by atoms with van der Waals surface area (Å²) in [7, 11) is 0. The van der Waals surface area contributed by atoms with E-state index in [4.69, 9.17) is 0 Å². The molecule has 0 fully saturated rings. The van der Waals surface area contributed by atoms with Gasteiger partial charge in [-0.15, -0.1) is 22.6 Å². The molecule has 0 saturated heterocycles. The van der Waals surface area contributed by atoms with E-state index in [1.807, 2.05) is 0 Å². The Balaban J connectivity index is 0.00000208. The van der Waals surface area contributed by atoms with Gasteiger partial charge in [0.15, 0.2) is 5.82 Å². The molecule has 1 heterocycles. The molecule has 0 aliphatic carbocycles. The molecule has 0 unspecified atom stereocenters. The largest absolute Gasteiger partial charge is 0.310 e. The molecule has 0 saturated carbocycles. The van der Waals surface area contributed by atoms with E-state index in [0.29, 0.717) is 18.3 Å². The van der Waals surface area contributed by atoms with Gasteiger partial charge < -0.3 is 5.32 Å². The van der Waals surface area contributed by atoms with Crippen LogP contribution in [0.2, 0.25) is 0 Å². The number of hydrogen-bond acceptors (Lipinski definition) is 4. The van der Waals surface area contributed by atoms with Gasteiger partial charge in [0.1, 0.15) is 0 Å². The van der Waals surface area contributed by atoms with Crippen molar-refractivity contribution in [2.45, 2.75) is 25.3 Å². The second kappa shape index (κ2) is 9.80. The molecule has 6 heteroatoms. The van der Waals surface area contributed by atoms with Crippen LogP contribution in [0.15, 0.2) is 60.7 Å². The van der Waals surface area contributed by atoms with Gasteiger partial charge in [-0.05, 0) is 30.5 Å². The van der Waals surface area contributed by atoms with Gasteiger partial charge in [0.05, 0.1) is 6.54 Å². The molecule has 1 aromatic heterocycles. The van der Waals surface area contributed by atoms with Crippen LogP contribution < -0.4 is 5.32 Å². The number of benzene rings is 2. The highest BCUT2D eigenvalue weighted by Crippen LogP contribution is 2.28. The Morgan fingerprint density at radius 2 is 1.54 bits per heavy atom. The van der Waals surface area contributed by atoms with Crippen molar-refractivity contribution in [1.29, 1.82) is 0 Å². The van der Waals surface area contributed by atoms with Crippen LogP contribution in [0.25, 0.3) is 0 Å². The number of aromatic amines is 1. The van der Waals surface area contributed by atoms with Crippen molar-refractivity contribution < 1.29 is 0 Å². The van der Waals surface area contributed by atoms with Gasteiger partial charge in [0.25, 0.3) is 0 Å². The van der Waals surface area contributed by atoms with Gasteiger partial charge in [0.2, 0.25) is 0 Å². The van der Waals surface area contributed by atoms with E-state index in [1.54, 1.807) is 0 Å². The monoisotopic (exact) mass is 343 g/mol. The van der Waals surface area contributed by atoms with Crippen molar-refractivity contribution in [2.24, 2.45) is 0 Å². The Bertz CT molecular complexity index is 634. The Morgan fingerprint density at radius 3 is 2.08 bits per heavy atom. The topological polar surface area (TPSA) is 66.5 Å². The van der Waals surface area contributed by atoms with Crippen molar-refractivity contribution in [3.05, 3.63) is 77.6 Å². The summed E-state index contributed by atoms with van der Waals surface area (Å²) in [6.07, 6.45) is 2.19. The molecule has 5 nitrogen and oxygen atoms in total. The third kappa shape index (κ3) is 5.15. The summed E-state index contributed by atoms with van der Waals surface area (Å²) in [5.74, 6) is 1.14. The second-order valence-electron chi connectivity index (χ2n) is 5.52. The highest BCUT2D eigenvalue weighted by molar-refractivity contribution is 5.85. The van der Waals surface area contributed by atoms with E-state index in [-0.39, 0.29) is 12.4 Å². The molecule has 0 amide bonds. The van der Waals surface area contributed by atoms with Crippen LogP contribution in [0.4, 0.5) is 0 Å². The molecule has 0 bridgehead atoms. The van der Waals surface area contributed by atoms with Gasteiger partial charge in [-0.1, -0.05) is 65.9 Å².